The van der Waals surface area contributed by atoms with Gasteiger partial charge in [0.25, 0.3) is 0 Å². The lowest BCUT2D eigenvalue weighted by Gasteiger charge is -2.11. The molecule has 0 radical (unpaired) electrons. The lowest BCUT2D eigenvalue weighted by atomic mass is 10.2. The SMILES string of the molecule is NC(=S)c1c(Cl)cccc1OCc1ccsc1. The molecule has 0 aliphatic carbocycles. The molecule has 17 heavy (non-hydrogen) atoms. The number of nitrogens with two attached hydrogens (primary N) is 1. The van der Waals surface area contributed by atoms with E-state index in [0.29, 0.717) is 22.9 Å². The molecule has 0 fully saturated rings. The van der Waals surface area contributed by atoms with Crippen molar-refractivity contribution in [3.05, 3.63) is 51.2 Å². The molecule has 0 saturated heterocycles. The van der Waals surface area contributed by atoms with Gasteiger partial charge in [-0.15, -0.1) is 0 Å². The van der Waals surface area contributed by atoms with E-state index >= 15 is 0 Å². The second kappa shape index (κ2) is 5.49. The maximum atomic E-state index is 6.04. The first-order chi connectivity index (χ1) is 8.18. The van der Waals surface area contributed by atoms with Crippen LogP contribution < -0.4 is 10.5 Å². The Morgan fingerprint density at radius 3 is 2.88 bits per heavy atom. The number of halogens is 1. The molecule has 0 saturated carbocycles. The smallest absolute Gasteiger partial charge is 0.131 e. The summed E-state index contributed by atoms with van der Waals surface area (Å²) >= 11 is 12.6. The molecule has 2 nitrogen and oxygen atoms in total. The van der Waals surface area contributed by atoms with Crippen molar-refractivity contribution in [3.8, 4) is 5.75 Å². The Bertz CT molecular complexity index is 525. The fraction of sp³-hybridized carbons (Fsp3) is 0.0833. The molecule has 2 rings (SSSR count). The van der Waals surface area contributed by atoms with Crippen LogP contribution in [0.2, 0.25) is 5.02 Å². The second-order valence-electron chi connectivity index (χ2n) is 3.40. The summed E-state index contributed by atoms with van der Waals surface area (Å²) in [5, 5.41) is 4.55. The van der Waals surface area contributed by atoms with Crippen LogP contribution >= 0.6 is 35.2 Å². The van der Waals surface area contributed by atoms with Crippen molar-refractivity contribution in [2.75, 3.05) is 0 Å². The summed E-state index contributed by atoms with van der Waals surface area (Å²) in [5.74, 6) is 0.621. The predicted molar refractivity (Wildman–Crippen MR) is 76.0 cm³/mol. The standard InChI is InChI=1S/C12H10ClNOS2/c13-9-2-1-3-10(11(9)12(14)16)15-6-8-4-5-17-7-8/h1-5,7H,6H2,(H2,14,16). The van der Waals surface area contributed by atoms with Gasteiger partial charge in [-0.05, 0) is 34.5 Å². The fourth-order valence-corrected chi connectivity index (χ4v) is 2.59. The highest BCUT2D eigenvalue weighted by atomic mass is 35.5. The van der Waals surface area contributed by atoms with Gasteiger partial charge in [0, 0.05) is 0 Å². The summed E-state index contributed by atoms with van der Waals surface area (Å²) in [6.45, 7) is 0.486. The number of benzene rings is 1. The van der Waals surface area contributed by atoms with Gasteiger partial charge in [0.05, 0.1) is 10.6 Å². The first-order valence-electron chi connectivity index (χ1n) is 4.90. The van der Waals surface area contributed by atoms with E-state index in [-0.39, 0.29) is 4.99 Å². The van der Waals surface area contributed by atoms with Crippen LogP contribution in [0.15, 0.2) is 35.0 Å². The summed E-state index contributed by atoms with van der Waals surface area (Å²) in [5.41, 5.74) is 7.34. The van der Waals surface area contributed by atoms with E-state index in [2.05, 4.69) is 0 Å². The van der Waals surface area contributed by atoms with Crippen molar-refractivity contribution in [2.45, 2.75) is 6.61 Å². The minimum atomic E-state index is 0.246. The predicted octanol–water partition coefficient (Wildman–Crippen LogP) is 3.61. The van der Waals surface area contributed by atoms with E-state index in [0.717, 1.165) is 5.56 Å². The third kappa shape index (κ3) is 2.97. The van der Waals surface area contributed by atoms with E-state index in [1.54, 1.807) is 17.4 Å². The Morgan fingerprint density at radius 1 is 1.41 bits per heavy atom. The van der Waals surface area contributed by atoms with Crippen LogP contribution in [0.25, 0.3) is 0 Å². The summed E-state index contributed by atoms with van der Waals surface area (Å²) < 4.78 is 5.68. The van der Waals surface area contributed by atoms with Crippen molar-refractivity contribution >= 4 is 40.1 Å². The number of thiocarbonyl (C=S) groups is 1. The Labute approximate surface area is 114 Å². The Balaban J connectivity index is 2.21. The number of thiophene rings is 1. The number of hydrogen-bond acceptors (Lipinski definition) is 3. The lowest BCUT2D eigenvalue weighted by molar-refractivity contribution is 0.306. The molecule has 88 valence electrons. The van der Waals surface area contributed by atoms with Crippen LogP contribution in [0.1, 0.15) is 11.1 Å². The van der Waals surface area contributed by atoms with E-state index in [1.807, 2.05) is 29.0 Å². The van der Waals surface area contributed by atoms with E-state index < -0.39 is 0 Å². The second-order valence-corrected chi connectivity index (χ2v) is 5.02. The number of ether oxygens (including phenoxy) is 1. The molecule has 2 aromatic rings. The van der Waals surface area contributed by atoms with Crippen LogP contribution in [0.5, 0.6) is 5.75 Å². The minimum Gasteiger partial charge on any atom is -0.488 e. The maximum absolute atomic E-state index is 6.04. The fourth-order valence-electron chi connectivity index (χ4n) is 1.40. The summed E-state index contributed by atoms with van der Waals surface area (Å²) in [4.78, 5) is 0.246. The van der Waals surface area contributed by atoms with Gasteiger partial charge in [-0.2, -0.15) is 11.3 Å². The topological polar surface area (TPSA) is 35.2 Å². The van der Waals surface area contributed by atoms with Crippen LogP contribution in [0.3, 0.4) is 0 Å². The van der Waals surface area contributed by atoms with Gasteiger partial charge in [0.2, 0.25) is 0 Å². The molecule has 5 heteroatoms. The first kappa shape index (κ1) is 12.4. The van der Waals surface area contributed by atoms with Gasteiger partial charge in [0.1, 0.15) is 17.3 Å². The molecule has 0 aliphatic rings. The maximum Gasteiger partial charge on any atom is 0.131 e. The van der Waals surface area contributed by atoms with E-state index in [1.165, 1.54) is 0 Å². The van der Waals surface area contributed by atoms with Gasteiger partial charge in [-0.25, -0.2) is 0 Å². The molecule has 0 atom stereocenters. The number of rotatable bonds is 4. The molecular weight excluding hydrogens is 274 g/mol. The highest BCUT2D eigenvalue weighted by molar-refractivity contribution is 7.80. The van der Waals surface area contributed by atoms with Crippen molar-refractivity contribution in [1.82, 2.24) is 0 Å². The third-order valence-electron chi connectivity index (χ3n) is 2.20. The third-order valence-corrected chi connectivity index (χ3v) is 3.45. The van der Waals surface area contributed by atoms with E-state index in [4.69, 9.17) is 34.3 Å². The van der Waals surface area contributed by atoms with Gasteiger partial charge in [0.15, 0.2) is 0 Å². The first-order valence-corrected chi connectivity index (χ1v) is 6.63. The monoisotopic (exact) mass is 283 g/mol. The molecule has 0 amide bonds. The molecule has 1 aromatic heterocycles. The number of hydrogen-bond donors (Lipinski definition) is 1. The molecule has 1 aromatic carbocycles. The summed E-state index contributed by atoms with van der Waals surface area (Å²) in [6.07, 6.45) is 0. The Morgan fingerprint density at radius 2 is 2.24 bits per heavy atom. The van der Waals surface area contributed by atoms with E-state index in [9.17, 15) is 0 Å². The normalized spacial score (nSPS) is 10.2. The molecule has 0 aliphatic heterocycles. The van der Waals surface area contributed by atoms with Gasteiger partial charge >= 0.3 is 0 Å². The lowest BCUT2D eigenvalue weighted by Crippen LogP contribution is -2.12. The molecular formula is C12H10ClNOS2. The summed E-state index contributed by atoms with van der Waals surface area (Å²) in [6, 6.07) is 7.38. The highest BCUT2D eigenvalue weighted by Gasteiger charge is 2.10. The Hall–Kier alpha value is -1.10. The molecule has 0 unspecified atom stereocenters. The average molecular weight is 284 g/mol. The molecule has 1 heterocycles. The molecule has 0 spiro atoms. The van der Waals surface area contributed by atoms with Crippen molar-refractivity contribution in [2.24, 2.45) is 5.73 Å². The largest absolute Gasteiger partial charge is 0.488 e. The van der Waals surface area contributed by atoms with Crippen LogP contribution in [0, 0.1) is 0 Å². The van der Waals surface area contributed by atoms with Gasteiger partial charge in [-0.3, -0.25) is 0 Å². The van der Waals surface area contributed by atoms with Gasteiger partial charge < -0.3 is 10.5 Å². The average Bonchev–Trinajstić information content (AvgIpc) is 2.78. The van der Waals surface area contributed by atoms with Crippen molar-refractivity contribution < 1.29 is 4.74 Å². The highest BCUT2D eigenvalue weighted by Crippen LogP contribution is 2.27. The quantitative estimate of drug-likeness (QED) is 0.871. The zero-order valence-electron chi connectivity index (χ0n) is 8.85. The Kier molecular flexibility index (Phi) is 3.99. The molecule has 2 N–H and O–H groups in total. The zero-order chi connectivity index (χ0) is 12.3. The minimum absolute atomic E-state index is 0.246. The van der Waals surface area contributed by atoms with Crippen LogP contribution in [-0.4, -0.2) is 4.99 Å². The van der Waals surface area contributed by atoms with Crippen LogP contribution in [0.4, 0.5) is 0 Å². The molecule has 0 bridgehead atoms. The summed E-state index contributed by atoms with van der Waals surface area (Å²) in [7, 11) is 0. The van der Waals surface area contributed by atoms with Crippen LogP contribution in [-0.2, 0) is 6.61 Å². The zero-order valence-corrected chi connectivity index (χ0v) is 11.2. The van der Waals surface area contributed by atoms with Crippen molar-refractivity contribution in [3.63, 3.8) is 0 Å². The van der Waals surface area contributed by atoms with Gasteiger partial charge in [-0.1, -0.05) is 29.9 Å². The van der Waals surface area contributed by atoms with Crippen molar-refractivity contribution in [1.29, 1.82) is 0 Å².